The highest BCUT2D eigenvalue weighted by molar-refractivity contribution is 5.80. The zero-order valence-corrected chi connectivity index (χ0v) is 11.5. The van der Waals surface area contributed by atoms with Crippen molar-refractivity contribution in [3.8, 4) is 0 Å². The van der Waals surface area contributed by atoms with Crippen LogP contribution in [0.1, 0.15) is 33.1 Å². The number of nitrogens with one attached hydrogen (secondary N) is 2. The molecule has 18 heavy (non-hydrogen) atoms. The van der Waals surface area contributed by atoms with Crippen LogP contribution in [0, 0.1) is 5.92 Å². The third-order valence-electron chi connectivity index (χ3n) is 3.29. The number of rotatable bonds is 6. The van der Waals surface area contributed by atoms with Crippen molar-refractivity contribution in [3.05, 3.63) is 0 Å². The van der Waals surface area contributed by atoms with Crippen molar-refractivity contribution in [2.75, 3.05) is 32.7 Å². The fourth-order valence-corrected chi connectivity index (χ4v) is 2.13. The van der Waals surface area contributed by atoms with E-state index in [1.165, 1.54) is 0 Å². The van der Waals surface area contributed by atoms with E-state index in [0.29, 0.717) is 19.6 Å². The van der Waals surface area contributed by atoms with E-state index in [4.69, 9.17) is 0 Å². The summed E-state index contributed by atoms with van der Waals surface area (Å²) in [7, 11) is 0. The van der Waals surface area contributed by atoms with Gasteiger partial charge in [-0.3, -0.25) is 9.59 Å². The first kappa shape index (κ1) is 15.0. The van der Waals surface area contributed by atoms with Crippen molar-refractivity contribution >= 4 is 11.8 Å². The Morgan fingerprint density at radius 3 is 2.44 bits per heavy atom. The molecule has 0 unspecified atom stereocenters. The molecule has 0 aromatic rings. The Morgan fingerprint density at radius 1 is 1.22 bits per heavy atom. The Balaban J connectivity index is 2.27. The maximum atomic E-state index is 11.8. The second-order valence-electron chi connectivity index (χ2n) is 4.73. The Morgan fingerprint density at radius 2 is 1.89 bits per heavy atom. The minimum absolute atomic E-state index is 0.0831. The zero-order valence-electron chi connectivity index (χ0n) is 11.5. The molecule has 2 N–H and O–H groups in total. The lowest BCUT2D eigenvalue weighted by Crippen LogP contribution is -2.45. The third-order valence-corrected chi connectivity index (χ3v) is 3.29. The molecule has 1 heterocycles. The van der Waals surface area contributed by atoms with Crippen LogP contribution in [-0.2, 0) is 9.59 Å². The van der Waals surface area contributed by atoms with E-state index in [1.807, 2.05) is 18.7 Å². The van der Waals surface area contributed by atoms with Crippen LogP contribution in [0.4, 0.5) is 0 Å². The first-order valence-corrected chi connectivity index (χ1v) is 6.95. The fourth-order valence-electron chi connectivity index (χ4n) is 2.13. The van der Waals surface area contributed by atoms with E-state index in [1.54, 1.807) is 0 Å². The molecular weight excluding hydrogens is 230 g/mol. The van der Waals surface area contributed by atoms with E-state index < -0.39 is 0 Å². The van der Waals surface area contributed by atoms with Gasteiger partial charge < -0.3 is 15.5 Å². The number of hydrogen-bond donors (Lipinski definition) is 2. The van der Waals surface area contributed by atoms with Gasteiger partial charge in [-0.1, -0.05) is 13.8 Å². The highest BCUT2D eigenvalue weighted by atomic mass is 16.2. The summed E-state index contributed by atoms with van der Waals surface area (Å²) in [5.41, 5.74) is 0. The molecule has 0 radical (unpaired) electrons. The van der Waals surface area contributed by atoms with Gasteiger partial charge in [0.25, 0.3) is 0 Å². The van der Waals surface area contributed by atoms with Gasteiger partial charge >= 0.3 is 0 Å². The number of likely N-dealkylation sites (tertiary alicyclic amines) is 1. The largest absolute Gasteiger partial charge is 0.356 e. The van der Waals surface area contributed by atoms with Gasteiger partial charge in [0.05, 0.1) is 6.54 Å². The van der Waals surface area contributed by atoms with Crippen LogP contribution in [-0.4, -0.2) is 49.4 Å². The normalized spacial score (nSPS) is 16.7. The van der Waals surface area contributed by atoms with Crippen LogP contribution in [0.15, 0.2) is 0 Å². The second kappa shape index (κ2) is 8.08. The molecule has 5 heteroatoms. The molecule has 1 aliphatic rings. The molecule has 0 spiro atoms. The van der Waals surface area contributed by atoms with Gasteiger partial charge in [-0.15, -0.1) is 0 Å². The quantitative estimate of drug-likeness (QED) is 0.720. The van der Waals surface area contributed by atoms with E-state index in [2.05, 4.69) is 10.6 Å². The summed E-state index contributed by atoms with van der Waals surface area (Å²) in [6.45, 7) is 7.39. The van der Waals surface area contributed by atoms with E-state index in [9.17, 15) is 9.59 Å². The van der Waals surface area contributed by atoms with E-state index in [-0.39, 0.29) is 17.7 Å². The predicted molar refractivity (Wildman–Crippen MR) is 71.1 cm³/mol. The number of carbonyl (C=O) groups excluding carboxylic acids is 2. The smallest absolute Gasteiger partial charge is 0.236 e. The Kier molecular flexibility index (Phi) is 6.72. The second-order valence-corrected chi connectivity index (χ2v) is 4.73. The molecular formula is C13H25N3O2. The maximum Gasteiger partial charge on any atom is 0.236 e. The lowest BCUT2D eigenvalue weighted by molar-refractivity contribution is -0.134. The van der Waals surface area contributed by atoms with Crippen molar-refractivity contribution < 1.29 is 9.59 Å². The highest BCUT2D eigenvalue weighted by Crippen LogP contribution is 2.17. The zero-order chi connectivity index (χ0) is 13.4. The van der Waals surface area contributed by atoms with Crippen LogP contribution >= 0.6 is 0 Å². The lowest BCUT2D eigenvalue weighted by atomic mass is 9.96. The number of piperidine rings is 1. The highest BCUT2D eigenvalue weighted by Gasteiger charge is 2.26. The molecule has 0 atom stereocenters. The van der Waals surface area contributed by atoms with Gasteiger partial charge in [-0.05, 0) is 25.8 Å². The topological polar surface area (TPSA) is 61.4 Å². The molecule has 1 fully saturated rings. The molecule has 2 amide bonds. The van der Waals surface area contributed by atoms with Crippen LogP contribution in [0.5, 0.6) is 0 Å². The number of hydrogen-bond acceptors (Lipinski definition) is 3. The van der Waals surface area contributed by atoms with Crippen LogP contribution in [0.25, 0.3) is 0 Å². The molecule has 0 bridgehead atoms. The van der Waals surface area contributed by atoms with Gasteiger partial charge in [0, 0.05) is 25.6 Å². The van der Waals surface area contributed by atoms with Gasteiger partial charge in [0.2, 0.25) is 11.8 Å². The number of carbonyl (C=O) groups is 2. The van der Waals surface area contributed by atoms with Crippen molar-refractivity contribution in [1.82, 2.24) is 15.5 Å². The summed E-state index contributed by atoms with van der Waals surface area (Å²) in [4.78, 5) is 25.4. The molecule has 0 saturated carbocycles. The van der Waals surface area contributed by atoms with Crippen molar-refractivity contribution in [3.63, 3.8) is 0 Å². The number of likely N-dealkylation sites (N-methyl/N-ethyl adjacent to an activating group) is 1. The summed E-state index contributed by atoms with van der Waals surface area (Å²) in [5.74, 6) is 0.375. The van der Waals surface area contributed by atoms with Crippen molar-refractivity contribution in [2.24, 2.45) is 5.92 Å². The minimum Gasteiger partial charge on any atom is -0.356 e. The molecule has 0 aliphatic carbocycles. The van der Waals surface area contributed by atoms with Gasteiger partial charge in [0.15, 0.2) is 0 Å². The number of nitrogens with zero attached hydrogens (tertiary/aromatic N) is 1. The SMILES string of the molecule is CCCNC(=O)C1CCN(C(=O)CNCC)CC1. The van der Waals surface area contributed by atoms with Crippen molar-refractivity contribution in [1.29, 1.82) is 0 Å². The molecule has 0 aromatic heterocycles. The summed E-state index contributed by atoms with van der Waals surface area (Å²) >= 11 is 0. The Hall–Kier alpha value is -1.10. The molecule has 1 saturated heterocycles. The first-order valence-electron chi connectivity index (χ1n) is 6.95. The van der Waals surface area contributed by atoms with Crippen molar-refractivity contribution in [2.45, 2.75) is 33.1 Å². The van der Waals surface area contributed by atoms with Gasteiger partial charge in [-0.25, -0.2) is 0 Å². The van der Waals surface area contributed by atoms with Crippen LogP contribution in [0.2, 0.25) is 0 Å². The summed E-state index contributed by atoms with van der Waals surface area (Å²) in [5, 5.41) is 5.96. The standard InChI is InChI=1S/C13H25N3O2/c1-3-7-15-13(18)11-5-8-16(9-6-11)12(17)10-14-4-2/h11,14H,3-10H2,1-2H3,(H,15,18). The average Bonchev–Trinajstić information content (AvgIpc) is 2.42. The molecule has 0 aromatic carbocycles. The van der Waals surface area contributed by atoms with Crippen LogP contribution in [0.3, 0.4) is 0 Å². The molecule has 1 aliphatic heterocycles. The van der Waals surface area contributed by atoms with E-state index in [0.717, 1.165) is 32.4 Å². The maximum absolute atomic E-state index is 11.8. The van der Waals surface area contributed by atoms with Gasteiger partial charge in [0.1, 0.15) is 0 Å². The summed E-state index contributed by atoms with van der Waals surface area (Å²) in [6.07, 6.45) is 2.53. The minimum atomic E-state index is 0.0831. The Bertz CT molecular complexity index is 245. The third kappa shape index (κ3) is 4.64. The monoisotopic (exact) mass is 255 g/mol. The van der Waals surface area contributed by atoms with Gasteiger partial charge in [-0.2, -0.15) is 0 Å². The summed E-state index contributed by atoms with van der Waals surface area (Å²) < 4.78 is 0. The number of amides is 2. The lowest BCUT2D eigenvalue weighted by Gasteiger charge is -2.31. The average molecular weight is 255 g/mol. The molecule has 1 rings (SSSR count). The van der Waals surface area contributed by atoms with E-state index >= 15 is 0 Å². The fraction of sp³-hybridized carbons (Fsp3) is 0.846. The predicted octanol–water partition coefficient (Wildman–Crippen LogP) is 0.361. The van der Waals surface area contributed by atoms with Crippen LogP contribution < -0.4 is 10.6 Å². The molecule has 5 nitrogen and oxygen atoms in total. The Labute approximate surface area is 109 Å². The first-order chi connectivity index (χ1) is 8.69. The molecule has 104 valence electrons. The summed E-state index contributed by atoms with van der Waals surface area (Å²) in [6, 6.07) is 0.